The summed E-state index contributed by atoms with van der Waals surface area (Å²) >= 11 is 0. The quantitative estimate of drug-likeness (QED) is 0.233. The van der Waals surface area contributed by atoms with Gasteiger partial charge in [0.2, 0.25) is 10.4 Å². The molecule has 0 aliphatic heterocycles. The van der Waals surface area contributed by atoms with Gasteiger partial charge in [-0.25, -0.2) is 8.42 Å². The summed E-state index contributed by atoms with van der Waals surface area (Å²) in [5.41, 5.74) is 1.42. The standard InChI is InChI=1S/C27H46O4S.Na/c1-18(2)7-6-8-19(3)23-11-12-24-22-10-9-20-17-21(31-32(28,29)30)13-15-26(20,4)25(22)14-16-27(23,24)5;/h9,18-19,21-25H,6-8,10-17H2,1-5H3,(H,28,29,30);/q;+1/p-1/t19-,21+,22+,23-,24+,25+,26+,27-;/m1./s1/i1D3,2D3,18D;. The molecule has 184 valence electrons. The van der Waals surface area contributed by atoms with Crippen molar-refractivity contribution in [3.63, 3.8) is 0 Å². The Hall–Kier alpha value is 0.610. The van der Waals surface area contributed by atoms with E-state index in [1.807, 2.05) is 0 Å². The Balaban J connectivity index is 0.00000441. The largest absolute Gasteiger partial charge is 1.00 e. The normalized spacial score (nSPS) is 45.6. The maximum absolute atomic E-state index is 11.2. The predicted molar refractivity (Wildman–Crippen MR) is 128 cm³/mol. The maximum atomic E-state index is 11.2. The van der Waals surface area contributed by atoms with Gasteiger partial charge in [0.25, 0.3) is 0 Å². The van der Waals surface area contributed by atoms with Gasteiger partial charge in [0.15, 0.2) is 0 Å². The second kappa shape index (κ2) is 10.5. The van der Waals surface area contributed by atoms with Gasteiger partial charge in [0.05, 0.1) is 6.10 Å². The van der Waals surface area contributed by atoms with E-state index >= 15 is 0 Å². The minimum absolute atomic E-state index is 0. The Kier molecular flexibility index (Phi) is 6.29. The molecule has 4 aliphatic rings. The molecule has 4 aliphatic carbocycles. The summed E-state index contributed by atoms with van der Waals surface area (Å²) in [7, 11) is -4.71. The van der Waals surface area contributed by atoms with E-state index in [4.69, 9.17) is 13.8 Å². The van der Waals surface area contributed by atoms with Gasteiger partial charge in [0, 0.05) is 9.60 Å². The van der Waals surface area contributed by atoms with E-state index in [0.717, 1.165) is 44.9 Å². The first kappa shape index (κ1) is 19.7. The van der Waals surface area contributed by atoms with Crippen molar-refractivity contribution in [2.24, 2.45) is 46.3 Å². The van der Waals surface area contributed by atoms with Crippen LogP contribution in [0.25, 0.3) is 0 Å². The molecule has 4 nitrogen and oxygen atoms in total. The summed E-state index contributed by atoms with van der Waals surface area (Å²) < 4.78 is 92.8. The van der Waals surface area contributed by atoms with Crippen LogP contribution in [0.2, 0.25) is 0 Å². The van der Waals surface area contributed by atoms with Crippen molar-refractivity contribution in [3.05, 3.63) is 11.6 Å². The second-order valence-electron chi connectivity index (χ2n) is 11.7. The van der Waals surface area contributed by atoms with Gasteiger partial charge in [-0.1, -0.05) is 65.4 Å². The van der Waals surface area contributed by atoms with Gasteiger partial charge in [-0.2, -0.15) is 0 Å². The number of hydrogen-bond acceptors (Lipinski definition) is 4. The van der Waals surface area contributed by atoms with Crippen LogP contribution in [0.1, 0.15) is 115 Å². The van der Waals surface area contributed by atoms with Gasteiger partial charge >= 0.3 is 29.6 Å². The first-order valence-electron chi connectivity index (χ1n) is 16.1. The van der Waals surface area contributed by atoms with E-state index in [1.165, 1.54) is 5.57 Å². The summed E-state index contributed by atoms with van der Waals surface area (Å²) in [5, 5.41) is 0. The fourth-order valence-electron chi connectivity index (χ4n) is 8.65. The molecule has 0 spiro atoms. The molecule has 0 aromatic carbocycles. The Morgan fingerprint density at radius 1 is 1.18 bits per heavy atom. The van der Waals surface area contributed by atoms with Gasteiger partial charge < -0.3 is 4.55 Å². The van der Waals surface area contributed by atoms with Crippen molar-refractivity contribution in [1.82, 2.24) is 0 Å². The molecule has 0 radical (unpaired) electrons. The van der Waals surface area contributed by atoms with Crippen LogP contribution in [0.5, 0.6) is 0 Å². The summed E-state index contributed by atoms with van der Waals surface area (Å²) in [5.74, 6) is 0.0203. The maximum Gasteiger partial charge on any atom is 1.00 e. The first-order valence-corrected chi connectivity index (χ1v) is 13.9. The molecule has 8 atom stereocenters. The van der Waals surface area contributed by atoms with E-state index in [9.17, 15) is 13.0 Å². The van der Waals surface area contributed by atoms with E-state index in [1.54, 1.807) is 0 Å². The van der Waals surface area contributed by atoms with Crippen LogP contribution in [0.15, 0.2) is 11.6 Å². The molecule has 0 bridgehead atoms. The minimum atomic E-state index is -4.71. The molecule has 0 aromatic heterocycles. The molecule has 3 saturated carbocycles. The molecule has 3 fully saturated rings. The molecule has 6 heteroatoms. The number of hydrogen-bond donors (Lipinski definition) is 0. The van der Waals surface area contributed by atoms with E-state index in [2.05, 4.69) is 26.8 Å². The Morgan fingerprint density at radius 3 is 2.64 bits per heavy atom. The van der Waals surface area contributed by atoms with Crippen LogP contribution in [0.3, 0.4) is 0 Å². The van der Waals surface area contributed by atoms with Crippen LogP contribution in [-0.2, 0) is 14.6 Å². The average molecular weight is 496 g/mol. The monoisotopic (exact) mass is 495 g/mol. The van der Waals surface area contributed by atoms with Crippen molar-refractivity contribution in [2.75, 3.05) is 0 Å². The van der Waals surface area contributed by atoms with E-state index in [0.29, 0.717) is 48.9 Å². The molecule has 0 unspecified atom stereocenters. The second-order valence-corrected chi connectivity index (χ2v) is 12.7. The molecular formula is C27H45NaO4S. The fraction of sp³-hybridized carbons (Fsp3) is 0.926. The van der Waals surface area contributed by atoms with Crippen LogP contribution in [-0.4, -0.2) is 19.1 Å². The molecular weight excluding hydrogens is 443 g/mol. The van der Waals surface area contributed by atoms with E-state index in [-0.39, 0.29) is 46.8 Å². The Labute approximate surface area is 235 Å². The molecule has 0 saturated heterocycles. The Morgan fingerprint density at radius 2 is 1.94 bits per heavy atom. The zero-order valence-electron chi connectivity index (χ0n) is 27.9. The summed E-state index contributed by atoms with van der Waals surface area (Å²) in [6, 6.07) is 0. The van der Waals surface area contributed by atoms with Crippen molar-refractivity contribution in [1.29, 1.82) is 0 Å². The third-order valence-corrected chi connectivity index (χ3v) is 10.7. The van der Waals surface area contributed by atoms with Gasteiger partial charge in [-0.15, -0.1) is 0 Å². The summed E-state index contributed by atoms with van der Waals surface area (Å²) in [6.45, 7) is 1.24. The van der Waals surface area contributed by atoms with Crippen molar-refractivity contribution < 1.29 is 56.3 Å². The average Bonchev–Trinajstić information content (AvgIpc) is 3.14. The molecule has 0 aromatic rings. The van der Waals surface area contributed by atoms with E-state index < -0.39 is 36.1 Å². The van der Waals surface area contributed by atoms with Crippen LogP contribution >= 0.6 is 0 Å². The van der Waals surface area contributed by atoms with Crippen LogP contribution in [0, 0.1) is 46.3 Å². The number of allylic oxidation sites excluding steroid dienone is 1. The number of fused-ring (bicyclic) bond motifs is 5. The summed E-state index contributed by atoms with van der Waals surface area (Å²) in [6.07, 6.45) is 10.1. The molecule has 33 heavy (non-hydrogen) atoms. The molecule has 0 N–H and O–H groups in total. The van der Waals surface area contributed by atoms with Gasteiger partial charge in [0.1, 0.15) is 0 Å². The third-order valence-electron chi connectivity index (χ3n) is 10.2. The summed E-state index contributed by atoms with van der Waals surface area (Å²) in [4.78, 5) is 0. The minimum Gasteiger partial charge on any atom is -0.726 e. The van der Waals surface area contributed by atoms with Crippen LogP contribution in [0.4, 0.5) is 0 Å². The van der Waals surface area contributed by atoms with Crippen LogP contribution < -0.4 is 29.6 Å². The topological polar surface area (TPSA) is 66.4 Å². The number of rotatable bonds is 7. The zero-order valence-corrected chi connectivity index (χ0v) is 23.7. The van der Waals surface area contributed by atoms with Crippen molar-refractivity contribution in [3.8, 4) is 0 Å². The fourth-order valence-corrected chi connectivity index (χ4v) is 9.15. The zero-order chi connectivity index (χ0) is 29.2. The van der Waals surface area contributed by atoms with Crippen molar-refractivity contribution >= 4 is 10.4 Å². The first-order chi connectivity index (χ1) is 17.7. The molecule has 0 heterocycles. The Bertz CT molecular complexity index is 1050. The van der Waals surface area contributed by atoms with Crippen molar-refractivity contribution in [2.45, 2.75) is 111 Å². The van der Waals surface area contributed by atoms with Gasteiger partial charge in [-0.3, -0.25) is 4.18 Å². The molecule has 0 amide bonds. The molecule has 4 rings (SSSR count). The smallest absolute Gasteiger partial charge is 0.726 e. The predicted octanol–water partition coefficient (Wildman–Crippen LogP) is 3.88. The van der Waals surface area contributed by atoms with Gasteiger partial charge in [-0.05, 0) is 97.7 Å². The third kappa shape index (κ3) is 5.64. The SMILES string of the molecule is [2H]C([2H])([2H])C([2H])(CCC[C@@H](C)[C@H]1CC[C@H]2[C@@H]3CC=C4C[C@@H](OS(=O)(=O)[O-])CC[C@]4(C)[C@H]3CC[C@]12C)C([2H])([2H])[2H].[Na+].